The van der Waals surface area contributed by atoms with Crippen molar-refractivity contribution in [3.63, 3.8) is 0 Å². The van der Waals surface area contributed by atoms with Gasteiger partial charge in [-0.15, -0.1) is 0 Å². The van der Waals surface area contributed by atoms with Gasteiger partial charge in [-0.2, -0.15) is 0 Å². The number of amides is 1. The third-order valence-electron chi connectivity index (χ3n) is 2.77. The summed E-state index contributed by atoms with van der Waals surface area (Å²) in [6.45, 7) is 6.61. The number of carbonyl (C=O) groups excluding carboxylic acids is 1. The van der Waals surface area contributed by atoms with Crippen LogP contribution in [0.3, 0.4) is 0 Å². The van der Waals surface area contributed by atoms with Gasteiger partial charge in [-0.05, 0) is 25.0 Å². The Labute approximate surface area is 113 Å². The van der Waals surface area contributed by atoms with Gasteiger partial charge in [0, 0.05) is 12.6 Å². The first-order chi connectivity index (χ1) is 8.91. The molecule has 0 aliphatic heterocycles. The lowest BCUT2D eigenvalue weighted by Gasteiger charge is -2.17. The van der Waals surface area contributed by atoms with Crippen LogP contribution >= 0.6 is 0 Å². The minimum atomic E-state index is -0.314. The van der Waals surface area contributed by atoms with Gasteiger partial charge in [0.1, 0.15) is 11.5 Å². The second-order valence-electron chi connectivity index (χ2n) is 5.01. The third kappa shape index (κ3) is 4.79. The molecule has 0 spiro atoms. The normalized spacial score (nSPS) is 12.4. The zero-order valence-electron chi connectivity index (χ0n) is 11.6. The van der Waals surface area contributed by atoms with Crippen LogP contribution in [-0.4, -0.2) is 29.2 Å². The van der Waals surface area contributed by atoms with Crippen molar-refractivity contribution in [1.82, 2.24) is 10.6 Å². The van der Waals surface area contributed by atoms with Crippen LogP contribution in [0.15, 0.2) is 18.2 Å². The molecule has 1 amide bonds. The zero-order valence-corrected chi connectivity index (χ0v) is 11.6. The summed E-state index contributed by atoms with van der Waals surface area (Å²) < 4.78 is 0. The van der Waals surface area contributed by atoms with E-state index in [1.165, 1.54) is 12.1 Å². The van der Waals surface area contributed by atoms with Crippen LogP contribution in [0.2, 0.25) is 0 Å². The molecule has 1 unspecified atom stereocenters. The van der Waals surface area contributed by atoms with Crippen molar-refractivity contribution in [3.8, 4) is 11.5 Å². The van der Waals surface area contributed by atoms with Crippen molar-refractivity contribution >= 4 is 5.91 Å². The summed E-state index contributed by atoms with van der Waals surface area (Å²) >= 11 is 0. The molecule has 0 bridgehead atoms. The lowest BCUT2D eigenvalue weighted by Crippen LogP contribution is -2.36. The SMILES string of the molecule is CC(C)CNC(=O)CNC(C)c1c(O)cccc1O. The molecule has 5 heteroatoms. The van der Waals surface area contributed by atoms with E-state index in [9.17, 15) is 15.0 Å². The van der Waals surface area contributed by atoms with Crippen LogP contribution < -0.4 is 10.6 Å². The number of nitrogens with one attached hydrogen (secondary N) is 2. The van der Waals surface area contributed by atoms with Crippen molar-refractivity contribution in [1.29, 1.82) is 0 Å². The number of phenolic OH excluding ortho intramolecular Hbond substituents is 2. The first kappa shape index (κ1) is 15.3. The van der Waals surface area contributed by atoms with Crippen molar-refractivity contribution in [3.05, 3.63) is 23.8 Å². The Hall–Kier alpha value is -1.75. The molecule has 0 saturated heterocycles. The van der Waals surface area contributed by atoms with E-state index in [1.807, 2.05) is 13.8 Å². The number of rotatable bonds is 6. The van der Waals surface area contributed by atoms with Gasteiger partial charge in [-0.25, -0.2) is 0 Å². The highest BCUT2D eigenvalue weighted by atomic mass is 16.3. The molecule has 19 heavy (non-hydrogen) atoms. The first-order valence-corrected chi connectivity index (χ1v) is 6.42. The first-order valence-electron chi connectivity index (χ1n) is 6.42. The van der Waals surface area contributed by atoms with Crippen LogP contribution in [-0.2, 0) is 4.79 Å². The third-order valence-corrected chi connectivity index (χ3v) is 2.77. The summed E-state index contributed by atoms with van der Waals surface area (Å²) in [6.07, 6.45) is 0. The molecule has 1 atom stereocenters. The molecule has 0 aromatic heterocycles. The molecule has 0 aliphatic rings. The van der Waals surface area contributed by atoms with Gasteiger partial charge in [0.25, 0.3) is 0 Å². The Bertz CT molecular complexity index is 412. The monoisotopic (exact) mass is 266 g/mol. The second-order valence-corrected chi connectivity index (χ2v) is 5.01. The molecule has 4 N–H and O–H groups in total. The molecule has 1 rings (SSSR count). The molecular weight excluding hydrogens is 244 g/mol. The predicted octanol–water partition coefficient (Wildman–Crippen LogP) is 1.52. The average molecular weight is 266 g/mol. The van der Waals surface area contributed by atoms with Crippen molar-refractivity contribution in [2.24, 2.45) is 5.92 Å². The van der Waals surface area contributed by atoms with Crippen molar-refractivity contribution < 1.29 is 15.0 Å². The fourth-order valence-electron chi connectivity index (χ4n) is 1.71. The maximum atomic E-state index is 11.6. The summed E-state index contributed by atoms with van der Waals surface area (Å²) in [5.74, 6) is 0.337. The highest BCUT2D eigenvalue weighted by molar-refractivity contribution is 5.78. The molecular formula is C14H22N2O3. The Balaban J connectivity index is 2.51. The van der Waals surface area contributed by atoms with E-state index in [2.05, 4.69) is 10.6 Å². The highest BCUT2D eigenvalue weighted by Gasteiger charge is 2.15. The lowest BCUT2D eigenvalue weighted by atomic mass is 10.1. The maximum absolute atomic E-state index is 11.6. The molecule has 0 radical (unpaired) electrons. The minimum Gasteiger partial charge on any atom is -0.507 e. The van der Waals surface area contributed by atoms with E-state index in [4.69, 9.17) is 0 Å². The quantitative estimate of drug-likeness (QED) is 0.629. The summed E-state index contributed by atoms with van der Waals surface area (Å²) in [5.41, 5.74) is 0.402. The Morgan fingerprint density at radius 2 is 1.79 bits per heavy atom. The maximum Gasteiger partial charge on any atom is 0.233 e. The predicted molar refractivity (Wildman–Crippen MR) is 74.0 cm³/mol. The van der Waals surface area contributed by atoms with Gasteiger partial charge in [0.15, 0.2) is 0 Å². The largest absolute Gasteiger partial charge is 0.507 e. The zero-order chi connectivity index (χ0) is 14.4. The van der Waals surface area contributed by atoms with Gasteiger partial charge in [0.2, 0.25) is 5.91 Å². The number of benzene rings is 1. The number of hydrogen-bond donors (Lipinski definition) is 4. The molecule has 0 saturated carbocycles. The van der Waals surface area contributed by atoms with E-state index in [0.29, 0.717) is 18.0 Å². The van der Waals surface area contributed by atoms with E-state index in [1.54, 1.807) is 13.0 Å². The lowest BCUT2D eigenvalue weighted by molar-refractivity contribution is -0.120. The van der Waals surface area contributed by atoms with Crippen LogP contribution in [0.4, 0.5) is 0 Å². The number of carbonyl (C=O) groups is 1. The molecule has 1 aromatic rings. The smallest absolute Gasteiger partial charge is 0.233 e. The van der Waals surface area contributed by atoms with Gasteiger partial charge < -0.3 is 20.8 Å². The summed E-state index contributed by atoms with van der Waals surface area (Å²) in [7, 11) is 0. The number of phenols is 2. The summed E-state index contributed by atoms with van der Waals surface area (Å²) in [4.78, 5) is 11.6. The van der Waals surface area contributed by atoms with Crippen LogP contribution in [0.5, 0.6) is 11.5 Å². The summed E-state index contributed by atoms with van der Waals surface area (Å²) in [6, 6.07) is 4.26. The summed E-state index contributed by atoms with van der Waals surface area (Å²) in [5, 5.41) is 25.2. The van der Waals surface area contributed by atoms with E-state index in [0.717, 1.165) is 0 Å². The van der Waals surface area contributed by atoms with E-state index < -0.39 is 0 Å². The fourth-order valence-corrected chi connectivity index (χ4v) is 1.71. The fraction of sp³-hybridized carbons (Fsp3) is 0.500. The molecule has 0 heterocycles. The van der Waals surface area contributed by atoms with Gasteiger partial charge in [0.05, 0.1) is 12.1 Å². The topological polar surface area (TPSA) is 81.6 Å². The molecule has 106 valence electrons. The molecule has 0 aliphatic carbocycles. The minimum absolute atomic E-state index is 0.0163. The van der Waals surface area contributed by atoms with Gasteiger partial charge >= 0.3 is 0 Å². The van der Waals surface area contributed by atoms with Crippen LogP contribution in [0.25, 0.3) is 0 Å². The Morgan fingerprint density at radius 3 is 2.32 bits per heavy atom. The van der Waals surface area contributed by atoms with Gasteiger partial charge in [-0.1, -0.05) is 19.9 Å². The van der Waals surface area contributed by atoms with Crippen LogP contribution in [0, 0.1) is 5.92 Å². The van der Waals surface area contributed by atoms with E-state index >= 15 is 0 Å². The number of aromatic hydroxyl groups is 2. The van der Waals surface area contributed by atoms with Crippen LogP contribution in [0.1, 0.15) is 32.4 Å². The molecule has 1 aromatic carbocycles. The molecule has 5 nitrogen and oxygen atoms in total. The number of hydrogen-bond acceptors (Lipinski definition) is 4. The second kappa shape index (κ2) is 6.99. The van der Waals surface area contributed by atoms with E-state index in [-0.39, 0.29) is 30.0 Å². The van der Waals surface area contributed by atoms with Gasteiger partial charge in [-0.3, -0.25) is 4.79 Å². The average Bonchev–Trinajstić information content (AvgIpc) is 2.33. The Kier molecular flexibility index (Phi) is 5.63. The molecule has 0 fully saturated rings. The van der Waals surface area contributed by atoms with Crippen molar-refractivity contribution in [2.75, 3.05) is 13.1 Å². The Morgan fingerprint density at radius 1 is 1.21 bits per heavy atom. The standard InChI is InChI=1S/C14H22N2O3/c1-9(2)7-16-13(19)8-15-10(3)14-11(17)5-4-6-12(14)18/h4-6,9-10,15,17-18H,7-8H2,1-3H3,(H,16,19). The van der Waals surface area contributed by atoms with Crippen molar-refractivity contribution in [2.45, 2.75) is 26.8 Å². The highest BCUT2D eigenvalue weighted by Crippen LogP contribution is 2.31.